The lowest BCUT2D eigenvalue weighted by Gasteiger charge is -2.34. The summed E-state index contributed by atoms with van der Waals surface area (Å²) in [5, 5.41) is 3.73. The molecule has 1 aliphatic heterocycles. The second-order valence-electron chi connectivity index (χ2n) is 5.51. The van der Waals surface area contributed by atoms with E-state index in [1.807, 2.05) is 11.8 Å². The highest BCUT2D eigenvalue weighted by Gasteiger charge is 2.30. The summed E-state index contributed by atoms with van der Waals surface area (Å²) in [5.74, 6) is 4.63. The van der Waals surface area contributed by atoms with Crippen LogP contribution in [0.25, 0.3) is 0 Å². The first kappa shape index (κ1) is 15.4. The van der Waals surface area contributed by atoms with Crippen molar-refractivity contribution in [3.63, 3.8) is 0 Å². The fourth-order valence-corrected chi connectivity index (χ4v) is 3.41. The van der Waals surface area contributed by atoms with E-state index in [2.05, 4.69) is 53.4 Å². The number of nitrogens with one attached hydrogen (secondary N) is 1. The average molecular weight is 288 g/mol. The molecule has 0 aromatic heterocycles. The highest BCUT2D eigenvalue weighted by molar-refractivity contribution is 7.99. The minimum absolute atomic E-state index is 0.0501. The molecule has 1 aliphatic rings. The summed E-state index contributed by atoms with van der Waals surface area (Å²) in [7, 11) is 0. The number of hydrogen-bond acceptors (Lipinski definition) is 3. The summed E-state index contributed by atoms with van der Waals surface area (Å²) in [6.07, 6.45) is 6.51. The fraction of sp³-hybridized carbons (Fsp3) is 0.529. The van der Waals surface area contributed by atoms with Gasteiger partial charge < -0.3 is 10.2 Å². The molecule has 20 heavy (non-hydrogen) atoms. The van der Waals surface area contributed by atoms with Gasteiger partial charge in [-0.2, -0.15) is 0 Å². The van der Waals surface area contributed by atoms with Gasteiger partial charge in [0, 0.05) is 18.8 Å². The molecule has 3 heteroatoms. The second-order valence-corrected chi connectivity index (χ2v) is 6.62. The van der Waals surface area contributed by atoms with Crippen molar-refractivity contribution in [3.8, 4) is 12.3 Å². The van der Waals surface area contributed by atoms with Crippen LogP contribution in [-0.4, -0.2) is 42.6 Å². The van der Waals surface area contributed by atoms with Crippen molar-refractivity contribution in [2.24, 2.45) is 0 Å². The van der Waals surface area contributed by atoms with E-state index in [-0.39, 0.29) is 5.54 Å². The Hall–Kier alpha value is -0.950. The summed E-state index contributed by atoms with van der Waals surface area (Å²) >= 11 is 1.85. The van der Waals surface area contributed by atoms with Gasteiger partial charge in [0.25, 0.3) is 0 Å². The Morgan fingerprint density at radius 2 is 2.20 bits per heavy atom. The highest BCUT2D eigenvalue weighted by Crippen LogP contribution is 2.24. The van der Waals surface area contributed by atoms with E-state index in [9.17, 15) is 0 Å². The van der Waals surface area contributed by atoms with E-state index in [0.717, 1.165) is 31.1 Å². The van der Waals surface area contributed by atoms with Crippen molar-refractivity contribution in [3.05, 3.63) is 35.9 Å². The van der Waals surface area contributed by atoms with Gasteiger partial charge in [0.15, 0.2) is 0 Å². The normalized spacial score (nSPS) is 24.0. The molecule has 108 valence electrons. The van der Waals surface area contributed by atoms with Crippen molar-refractivity contribution in [1.82, 2.24) is 10.2 Å². The third-order valence-electron chi connectivity index (χ3n) is 3.85. The fourth-order valence-electron chi connectivity index (χ4n) is 2.76. The molecule has 0 saturated carbocycles. The maximum atomic E-state index is 5.30. The lowest BCUT2D eigenvalue weighted by Crippen LogP contribution is -2.46. The molecule has 1 aromatic rings. The number of benzene rings is 1. The molecule has 1 N–H and O–H groups in total. The molecule has 0 radical (unpaired) electrons. The highest BCUT2D eigenvalue weighted by atomic mass is 32.2. The van der Waals surface area contributed by atoms with Crippen molar-refractivity contribution in [2.45, 2.75) is 18.9 Å². The molecule has 1 heterocycles. The SMILES string of the molecule is C#CCSCCN1CCCNC(C)(c2ccccc2)C1. The Morgan fingerprint density at radius 3 is 2.95 bits per heavy atom. The van der Waals surface area contributed by atoms with Gasteiger partial charge >= 0.3 is 0 Å². The minimum Gasteiger partial charge on any atom is -0.307 e. The lowest BCUT2D eigenvalue weighted by molar-refractivity contribution is 0.231. The maximum Gasteiger partial charge on any atom is 0.0545 e. The van der Waals surface area contributed by atoms with E-state index < -0.39 is 0 Å². The van der Waals surface area contributed by atoms with Gasteiger partial charge in [-0.1, -0.05) is 36.3 Å². The molecular formula is C17H24N2S. The Bertz CT molecular complexity index is 440. The van der Waals surface area contributed by atoms with Crippen LogP contribution in [0.3, 0.4) is 0 Å². The number of nitrogens with zero attached hydrogens (tertiary/aromatic N) is 1. The number of hydrogen-bond donors (Lipinski definition) is 1. The van der Waals surface area contributed by atoms with E-state index >= 15 is 0 Å². The van der Waals surface area contributed by atoms with Gasteiger partial charge in [0.05, 0.1) is 11.3 Å². The molecule has 1 atom stereocenters. The van der Waals surface area contributed by atoms with Crippen LogP contribution in [0.2, 0.25) is 0 Å². The Kier molecular flexibility index (Phi) is 5.97. The summed E-state index contributed by atoms with van der Waals surface area (Å²) < 4.78 is 0. The molecule has 1 aromatic carbocycles. The zero-order valence-electron chi connectivity index (χ0n) is 12.3. The van der Waals surface area contributed by atoms with Crippen LogP contribution in [0, 0.1) is 12.3 Å². The Morgan fingerprint density at radius 1 is 1.40 bits per heavy atom. The van der Waals surface area contributed by atoms with Crippen LogP contribution in [0.4, 0.5) is 0 Å². The predicted octanol–water partition coefficient (Wildman–Crippen LogP) is 2.56. The maximum absolute atomic E-state index is 5.30. The topological polar surface area (TPSA) is 15.3 Å². The van der Waals surface area contributed by atoms with Gasteiger partial charge in [-0.05, 0) is 32.0 Å². The molecular weight excluding hydrogens is 264 g/mol. The molecule has 0 amide bonds. The van der Waals surface area contributed by atoms with E-state index in [4.69, 9.17) is 6.42 Å². The van der Waals surface area contributed by atoms with Gasteiger partial charge in [0.2, 0.25) is 0 Å². The number of thioether (sulfide) groups is 1. The van der Waals surface area contributed by atoms with Crippen molar-refractivity contribution in [2.75, 3.05) is 37.7 Å². The first-order chi connectivity index (χ1) is 9.74. The third kappa shape index (κ3) is 4.28. The third-order valence-corrected chi connectivity index (χ3v) is 4.70. The molecule has 2 rings (SSSR count). The van der Waals surface area contributed by atoms with Crippen molar-refractivity contribution >= 4 is 11.8 Å². The quantitative estimate of drug-likeness (QED) is 0.662. The summed E-state index contributed by atoms with van der Waals surface area (Å²) in [6.45, 7) is 6.75. The van der Waals surface area contributed by atoms with Crippen LogP contribution in [-0.2, 0) is 5.54 Å². The second kappa shape index (κ2) is 7.73. The summed E-state index contributed by atoms with van der Waals surface area (Å²) in [6, 6.07) is 10.8. The average Bonchev–Trinajstić information content (AvgIpc) is 2.67. The van der Waals surface area contributed by atoms with Crippen molar-refractivity contribution in [1.29, 1.82) is 0 Å². The Balaban J connectivity index is 1.98. The number of rotatable bonds is 5. The van der Waals surface area contributed by atoms with E-state index in [1.54, 1.807) is 0 Å². The number of terminal acetylenes is 1. The van der Waals surface area contributed by atoms with Gasteiger partial charge in [0.1, 0.15) is 0 Å². The molecule has 2 nitrogen and oxygen atoms in total. The van der Waals surface area contributed by atoms with E-state index in [1.165, 1.54) is 18.5 Å². The van der Waals surface area contributed by atoms with Gasteiger partial charge in [-0.25, -0.2) is 0 Å². The lowest BCUT2D eigenvalue weighted by atomic mass is 9.91. The molecule has 1 fully saturated rings. The van der Waals surface area contributed by atoms with Crippen LogP contribution in [0.15, 0.2) is 30.3 Å². The molecule has 0 aliphatic carbocycles. The summed E-state index contributed by atoms with van der Waals surface area (Å²) in [4.78, 5) is 2.57. The zero-order chi connectivity index (χ0) is 14.3. The smallest absolute Gasteiger partial charge is 0.0545 e. The van der Waals surface area contributed by atoms with Crippen molar-refractivity contribution < 1.29 is 0 Å². The van der Waals surface area contributed by atoms with Crippen LogP contribution in [0.1, 0.15) is 18.9 Å². The first-order valence-corrected chi connectivity index (χ1v) is 8.44. The zero-order valence-corrected chi connectivity index (χ0v) is 13.1. The van der Waals surface area contributed by atoms with Gasteiger partial charge in [-0.15, -0.1) is 18.2 Å². The van der Waals surface area contributed by atoms with E-state index in [0.29, 0.717) is 0 Å². The molecule has 0 bridgehead atoms. The molecule has 0 spiro atoms. The predicted molar refractivity (Wildman–Crippen MR) is 89.0 cm³/mol. The van der Waals surface area contributed by atoms with Gasteiger partial charge in [-0.3, -0.25) is 0 Å². The first-order valence-electron chi connectivity index (χ1n) is 7.29. The molecule has 1 unspecified atom stereocenters. The minimum atomic E-state index is 0.0501. The van der Waals surface area contributed by atoms with Crippen LogP contribution in [0.5, 0.6) is 0 Å². The largest absolute Gasteiger partial charge is 0.307 e. The molecule has 1 saturated heterocycles. The van der Waals surface area contributed by atoms with Crippen LogP contribution >= 0.6 is 11.8 Å². The standard InChI is InChI=1S/C17H24N2S/c1-3-13-20-14-12-19-11-7-10-18-17(2,15-19)16-8-5-4-6-9-16/h1,4-6,8-9,18H,7,10-15H2,2H3. The summed E-state index contributed by atoms with van der Waals surface area (Å²) in [5.41, 5.74) is 1.43. The van der Waals surface area contributed by atoms with Crippen LogP contribution < -0.4 is 5.32 Å². The monoisotopic (exact) mass is 288 g/mol. The Labute approximate surface area is 127 Å².